The van der Waals surface area contributed by atoms with E-state index in [4.69, 9.17) is 14.2 Å². The molecule has 1 aromatic rings. The van der Waals surface area contributed by atoms with E-state index in [1.165, 1.54) is 11.1 Å². The van der Waals surface area contributed by atoms with Gasteiger partial charge < -0.3 is 14.2 Å². The van der Waals surface area contributed by atoms with Crippen LogP contribution in [0.3, 0.4) is 0 Å². The van der Waals surface area contributed by atoms with Crippen molar-refractivity contribution in [2.24, 2.45) is 5.92 Å². The van der Waals surface area contributed by atoms with E-state index in [1.807, 2.05) is 7.11 Å². The lowest BCUT2D eigenvalue weighted by Crippen LogP contribution is -2.76. The van der Waals surface area contributed by atoms with Crippen molar-refractivity contribution in [2.45, 2.75) is 68.6 Å². The second-order valence-electron chi connectivity index (χ2n) is 9.52. The maximum Gasteiger partial charge on any atom is 0.134 e. The summed E-state index contributed by atoms with van der Waals surface area (Å²) in [6, 6.07) is 6.72. The molecule has 0 N–H and O–H groups in total. The standard InChI is InChI=1S/C24H33NO4/c1-16-11-18(26)14-23-8-9-25(15-20-5-4-10-29-20)22(24(16,23)28-3)12-17-6-7-19(27-2)13-21(17)23/h6-7,13,16,20,22H,4-5,8-12,14-15H2,1-3H3/t16-,20?,22-,23-,24-/m1/s1. The van der Waals surface area contributed by atoms with Crippen LogP contribution in [-0.4, -0.2) is 62.3 Å². The predicted molar refractivity (Wildman–Crippen MR) is 110 cm³/mol. The number of hydrogen-bond donors (Lipinski definition) is 0. The molecule has 4 aliphatic rings. The quantitative estimate of drug-likeness (QED) is 0.779. The van der Waals surface area contributed by atoms with Crippen LogP contribution < -0.4 is 4.74 Å². The number of likely N-dealkylation sites (tertiary alicyclic amines) is 1. The van der Waals surface area contributed by atoms with Crippen LogP contribution in [-0.2, 0) is 26.1 Å². The summed E-state index contributed by atoms with van der Waals surface area (Å²) in [4.78, 5) is 15.5. The van der Waals surface area contributed by atoms with E-state index >= 15 is 0 Å². The zero-order valence-electron chi connectivity index (χ0n) is 17.9. The molecule has 0 aromatic heterocycles. The number of hydrogen-bond acceptors (Lipinski definition) is 5. The topological polar surface area (TPSA) is 48.0 Å². The number of carbonyl (C=O) groups excluding carboxylic acids is 1. The molecule has 29 heavy (non-hydrogen) atoms. The van der Waals surface area contributed by atoms with Crippen LogP contribution >= 0.6 is 0 Å². The lowest BCUT2D eigenvalue weighted by molar-refractivity contribution is -0.212. The number of rotatable bonds is 4. The monoisotopic (exact) mass is 399 g/mol. The van der Waals surface area contributed by atoms with E-state index in [0.717, 1.165) is 51.1 Å². The third-order valence-electron chi connectivity index (χ3n) is 8.32. The fraction of sp³-hybridized carbons (Fsp3) is 0.708. The molecule has 5 rings (SSSR count). The maximum atomic E-state index is 12.9. The number of Topliss-reactive ketones (excluding diaryl/α,β-unsaturated/α-hetero) is 1. The average Bonchev–Trinajstić information content (AvgIpc) is 3.22. The van der Waals surface area contributed by atoms with E-state index < -0.39 is 0 Å². The van der Waals surface area contributed by atoms with E-state index in [2.05, 4.69) is 30.0 Å². The SMILES string of the molecule is COc1ccc2c(c1)[C@]13CCN(CC4CCCO4)[C@H](C2)[C@]1(OC)[C@H](C)CC(=O)C3. The van der Waals surface area contributed by atoms with Gasteiger partial charge in [-0.1, -0.05) is 13.0 Å². The summed E-state index contributed by atoms with van der Waals surface area (Å²) < 4.78 is 18.1. The van der Waals surface area contributed by atoms with Crippen LogP contribution in [0.4, 0.5) is 0 Å². The second kappa shape index (κ2) is 7.07. The maximum absolute atomic E-state index is 12.9. The van der Waals surface area contributed by atoms with Gasteiger partial charge in [0.15, 0.2) is 0 Å². The van der Waals surface area contributed by atoms with Crippen LogP contribution in [0.2, 0.25) is 0 Å². The van der Waals surface area contributed by atoms with E-state index in [-0.39, 0.29) is 23.0 Å². The van der Waals surface area contributed by atoms with Crippen molar-refractivity contribution in [1.82, 2.24) is 4.90 Å². The molecule has 1 unspecified atom stereocenters. The highest BCUT2D eigenvalue weighted by molar-refractivity contribution is 5.83. The van der Waals surface area contributed by atoms with Gasteiger partial charge in [0.25, 0.3) is 0 Å². The molecule has 2 heterocycles. The average molecular weight is 400 g/mol. The summed E-state index contributed by atoms with van der Waals surface area (Å²) in [5.74, 6) is 1.42. The molecule has 1 saturated carbocycles. The molecule has 2 aliphatic heterocycles. The highest BCUT2D eigenvalue weighted by atomic mass is 16.5. The first kappa shape index (κ1) is 19.5. The molecule has 0 radical (unpaired) electrons. The molecule has 5 nitrogen and oxygen atoms in total. The van der Waals surface area contributed by atoms with Gasteiger partial charge in [-0.15, -0.1) is 0 Å². The molecule has 158 valence electrons. The van der Waals surface area contributed by atoms with E-state index in [0.29, 0.717) is 24.7 Å². The minimum Gasteiger partial charge on any atom is -0.497 e. The Morgan fingerprint density at radius 2 is 2.14 bits per heavy atom. The molecule has 5 heteroatoms. The van der Waals surface area contributed by atoms with Crippen molar-refractivity contribution in [3.05, 3.63) is 29.3 Å². The van der Waals surface area contributed by atoms with Gasteiger partial charge in [-0.3, -0.25) is 9.69 Å². The molecule has 0 amide bonds. The van der Waals surface area contributed by atoms with Crippen molar-refractivity contribution in [3.8, 4) is 5.75 Å². The first-order valence-electron chi connectivity index (χ1n) is 11.1. The highest BCUT2D eigenvalue weighted by Gasteiger charge is 2.68. The largest absolute Gasteiger partial charge is 0.497 e. The number of carbonyl (C=O) groups is 1. The summed E-state index contributed by atoms with van der Waals surface area (Å²) in [6.07, 6.45) is 5.73. The van der Waals surface area contributed by atoms with Gasteiger partial charge in [0, 0.05) is 44.6 Å². The summed E-state index contributed by atoms with van der Waals surface area (Å²) in [6.45, 7) is 5.07. The molecule has 2 bridgehead atoms. The minimum absolute atomic E-state index is 0.186. The lowest BCUT2D eigenvalue weighted by atomic mass is 9.46. The fourth-order valence-electron chi connectivity index (χ4n) is 7.24. The summed E-state index contributed by atoms with van der Waals surface area (Å²) >= 11 is 0. The number of ketones is 1. The first-order chi connectivity index (χ1) is 14.0. The highest BCUT2D eigenvalue weighted by Crippen LogP contribution is 2.61. The molecule has 5 atom stereocenters. The Hall–Kier alpha value is -1.43. The smallest absolute Gasteiger partial charge is 0.134 e. The number of piperidine rings is 1. The number of ether oxygens (including phenoxy) is 3. The Labute approximate surface area is 173 Å². The van der Waals surface area contributed by atoms with Gasteiger partial charge in [-0.05, 0) is 61.4 Å². The third-order valence-corrected chi connectivity index (χ3v) is 8.32. The van der Waals surface area contributed by atoms with Gasteiger partial charge in [-0.2, -0.15) is 0 Å². The van der Waals surface area contributed by atoms with Crippen molar-refractivity contribution in [2.75, 3.05) is 33.9 Å². The van der Waals surface area contributed by atoms with Crippen LogP contribution in [0.1, 0.15) is 50.2 Å². The second-order valence-corrected chi connectivity index (χ2v) is 9.52. The van der Waals surface area contributed by atoms with Crippen LogP contribution in [0.5, 0.6) is 5.75 Å². The zero-order chi connectivity index (χ0) is 20.2. The van der Waals surface area contributed by atoms with Gasteiger partial charge in [-0.25, -0.2) is 0 Å². The number of nitrogens with zero attached hydrogens (tertiary/aromatic N) is 1. The Kier molecular flexibility index (Phi) is 4.76. The Balaban J connectivity index is 1.64. The van der Waals surface area contributed by atoms with Crippen molar-refractivity contribution in [3.63, 3.8) is 0 Å². The normalized spacial score (nSPS) is 39.1. The van der Waals surface area contributed by atoms with Gasteiger partial charge >= 0.3 is 0 Å². The van der Waals surface area contributed by atoms with Gasteiger partial charge in [0.2, 0.25) is 0 Å². The van der Waals surface area contributed by atoms with Crippen molar-refractivity contribution in [1.29, 1.82) is 0 Å². The van der Waals surface area contributed by atoms with E-state index in [1.54, 1.807) is 7.11 Å². The Morgan fingerprint density at radius 3 is 2.86 bits per heavy atom. The van der Waals surface area contributed by atoms with Crippen molar-refractivity contribution >= 4 is 5.78 Å². The van der Waals surface area contributed by atoms with Crippen LogP contribution in [0.25, 0.3) is 0 Å². The van der Waals surface area contributed by atoms with E-state index in [9.17, 15) is 4.79 Å². The molecule has 2 aliphatic carbocycles. The first-order valence-corrected chi connectivity index (χ1v) is 11.1. The lowest BCUT2D eigenvalue weighted by Gasteiger charge is -2.67. The molecule has 0 spiro atoms. The molecular weight excluding hydrogens is 366 g/mol. The predicted octanol–water partition coefficient (Wildman–Crippen LogP) is 3.13. The third kappa shape index (κ3) is 2.67. The number of methoxy groups -OCH3 is 2. The van der Waals surface area contributed by atoms with Gasteiger partial charge in [0.05, 0.1) is 18.8 Å². The Morgan fingerprint density at radius 1 is 1.28 bits per heavy atom. The van der Waals surface area contributed by atoms with Gasteiger partial charge in [0.1, 0.15) is 11.5 Å². The number of benzene rings is 1. The number of fused-ring (bicyclic) bond motifs is 1. The molecule has 2 saturated heterocycles. The zero-order valence-corrected chi connectivity index (χ0v) is 17.9. The minimum atomic E-state index is -0.350. The summed E-state index contributed by atoms with van der Waals surface area (Å²) in [7, 11) is 3.59. The summed E-state index contributed by atoms with van der Waals surface area (Å²) in [5.41, 5.74) is 2.02. The molecule has 3 fully saturated rings. The molecule has 1 aromatic carbocycles. The molecular formula is C24H33NO4. The van der Waals surface area contributed by atoms with Crippen LogP contribution in [0, 0.1) is 5.92 Å². The van der Waals surface area contributed by atoms with Crippen molar-refractivity contribution < 1.29 is 19.0 Å². The Bertz CT molecular complexity index is 804. The fourth-order valence-corrected chi connectivity index (χ4v) is 7.24. The summed E-state index contributed by atoms with van der Waals surface area (Å²) in [5, 5.41) is 0. The van der Waals surface area contributed by atoms with Crippen LogP contribution in [0.15, 0.2) is 18.2 Å².